The summed E-state index contributed by atoms with van der Waals surface area (Å²) in [5, 5.41) is 0. The number of furan rings is 2. The normalized spacial score (nSPS) is 14.4. The molecule has 1 fully saturated rings. The predicted molar refractivity (Wildman–Crippen MR) is 118 cm³/mol. The van der Waals surface area contributed by atoms with Crippen LogP contribution in [-0.2, 0) is 17.9 Å². The number of carbonyl (C=O) groups excluding carboxylic acids is 1. The fourth-order valence-electron chi connectivity index (χ4n) is 3.68. The summed E-state index contributed by atoms with van der Waals surface area (Å²) in [7, 11) is 0. The van der Waals surface area contributed by atoms with Gasteiger partial charge in [0.25, 0.3) is 0 Å². The van der Waals surface area contributed by atoms with E-state index < -0.39 is 0 Å². The highest BCUT2D eigenvalue weighted by Crippen LogP contribution is 2.24. The van der Waals surface area contributed by atoms with Gasteiger partial charge in [0.15, 0.2) is 5.88 Å². The van der Waals surface area contributed by atoms with E-state index >= 15 is 0 Å². The predicted octanol–water partition coefficient (Wildman–Crippen LogP) is 5.41. The lowest BCUT2D eigenvalue weighted by Crippen LogP contribution is -2.29. The molecule has 4 rings (SSSR count). The lowest BCUT2D eigenvalue weighted by Gasteiger charge is -2.26. The lowest BCUT2D eigenvalue weighted by molar-refractivity contribution is -0.127. The molecule has 5 nitrogen and oxygen atoms in total. The molecular formula is C25H28N2O3. The van der Waals surface area contributed by atoms with Crippen molar-refractivity contribution >= 4 is 17.9 Å². The first kappa shape index (κ1) is 20.1. The van der Waals surface area contributed by atoms with E-state index in [1.54, 1.807) is 17.2 Å². The summed E-state index contributed by atoms with van der Waals surface area (Å²) < 4.78 is 11.5. The van der Waals surface area contributed by atoms with Crippen LogP contribution in [0.3, 0.4) is 0 Å². The molecule has 3 heterocycles. The average Bonchev–Trinajstić information content (AvgIpc) is 3.46. The van der Waals surface area contributed by atoms with Crippen LogP contribution in [0.1, 0.15) is 41.9 Å². The molecule has 0 N–H and O–H groups in total. The van der Waals surface area contributed by atoms with Gasteiger partial charge in [0, 0.05) is 25.2 Å². The minimum Gasteiger partial charge on any atom is -0.467 e. The molecule has 0 spiro atoms. The molecular weight excluding hydrogens is 376 g/mol. The van der Waals surface area contributed by atoms with Crippen LogP contribution in [0, 0.1) is 6.92 Å². The number of aryl methyl sites for hydroxylation is 1. The Bertz CT molecular complexity index is 964. The third-order valence-electron chi connectivity index (χ3n) is 5.40. The molecule has 0 atom stereocenters. The maximum Gasteiger partial charge on any atom is 0.247 e. The maximum absolute atomic E-state index is 13.0. The molecule has 1 aliphatic heterocycles. The summed E-state index contributed by atoms with van der Waals surface area (Å²) in [4.78, 5) is 17.0. The van der Waals surface area contributed by atoms with Crippen LogP contribution in [0.15, 0.2) is 69.7 Å². The highest BCUT2D eigenvalue weighted by Gasteiger charge is 2.18. The second-order valence-corrected chi connectivity index (χ2v) is 7.81. The van der Waals surface area contributed by atoms with E-state index in [4.69, 9.17) is 8.83 Å². The standard InChI is InChI=1S/C25H28N2O3/c1-20-7-9-21(10-8-20)11-13-24(28)27(18-22-6-5-17-29-22)19-23-12-14-25(30-23)26-15-3-2-4-16-26/h5-14,17H,2-4,15-16,18-19H2,1H3/b13-11+. The van der Waals surface area contributed by atoms with Crippen LogP contribution >= 0.6 is 0 Å². The lowest BCUT2D eigenvalue weighted by atomic mass is 10.1. The van der Waals surface area contributed by atoms with Gasteiger partial charge in [0.1, 0.15) is 11.5 Å². The SMILES string of the molecule is Cc1ccc(/C=C/C(=O)N(Cc2ccco2)Cc2ccc(N3CCCCC3)o2)cc1. The quantitative estimate of drug-likeness (QED) is 0.494. The minimum absolute atomic E-state index is 0.0807. The number of piperidine rings is 1. The number of benzene rings is 1. The third-order valence-corrected chi connectivity index (χ3v) is 5.40. The van der Waals surface area contributed by atoms with Gasteiger partial charge in [0.2, 0.25) is 5.91 Å². The highest BCUT2D eigenvalue weighted by atomic mass is 16.4. The zero-order valence-corrected chi connectivity index (χ0v) is 17.4. The molecule has 0 bridgehead atoms. The number of nitrogens with zero attached hydrogens (tertiary/aromatic N) is 2. The Morgan fingerprint density at radius 3 is 2.50 bits per heavy atom. The van der Waals surface area contributed by atoms with Gasteiger partial charge in [-0.2, -0.15) is 0 Å². The molecule has 3 aromatic rings. The Balaban J connectivity index is 1.47. The van der Waals surface area contributed by atoms with Gasteiger partial charge < -0.3 is 18.6 Å². The van der Waals surface area contributed by atoms with E-state index in [9.17, 15) is 4.79 Å². The summed E-state index contributed by atoms with van der Waals surface area (Å²) >= 11 is 0. The van der Waals surface area contributed by atoms with Crippen molar-refractivity contribution in [3.05, 3.63) is 83.5 Å². The van der Waals surface area contributed by atoms with Gasteiger partial charge in [-0.1, -0.05) is 29.8 Å². The van der Waals surface area contributed by atoms with E-state index in [0.29, 0.717) is 13.1 Å². The maximum atomic E-state index is 13.0. The van der Waals surface area contributed by atoms with Crippen molar-refractivity contribution in [2.24, 2.45) is 0 Å². The van der Waals surface area contributed by atoms with Crippen molar-refractivity contribution in [1.82, 2.24) is 4.90 Å². The van der Waals surface area contributed by atoms with E-state index in [2.05, 4.69) is 4.90 Å². The van der Waals surface area contributed by atoms with Crippen molar-refractivity contribution in [3.63, 3.8) is 0 Å². The van der Waals surface area contributed by atoms with Gasteiger partial charge in [-0.15, -0.1) is 0 Å². The Morgan fingerprint density at radius 1 is 1.00 bits per heavy atom. The zero-order chi connectivity index (χ0) is 20.8. The molecule has 156 valence electrons. The summed E-state index contributed by atoms with van der Waals surface area (Å²) in [6, 6.07) is 15.8. The van der Waals surface area contributed by atoms with Gasteiger partial charge in [-0.05, 0) is 56.0 Å². The largest absolute Gasteiger partial charge is 0.467 e. The Morgan fingerprint density at radius 2 is 1.77 bits per heavy atom. The van der Waals surface area contributed by atoms with E-state index in [0.717, 1.165) is 36.1 Å². The molecule has 30 heavy (non-hydrogen) atoms. The average molecular weight is 405 g/mol. The molecule has 2 aromatic heterocycles. The van der Waals surface area contributed by atoms with Crippen molar-refractivity contribution in [1.29, 1.82) is 0 Å². The Kier molecular flexibility index (Phi) is 6.38. The topological polar surface area (TPSA) is 49.8 Å². The van der Waals surface area contributed by atoms with Crippen LogP contribution < -0.4 is 4.90 Å². The number of hydrogen-bond donors (Lipinski definition) is 0. The van der Waals surface area contributed by atoms with Crippen molar-refractivity contribution in [3.8, 4) is 0 Å². The van der Waals surface area contributed by atoms with Crippen LogP contribution in [0.4, 0.5) is 5.88 Å². The Labute approximate surface area is 177 Å². The van der Waals surface area contributed by atoms with Crippen LogP contribution in [-0.4, -0.2) is 23.9 Å². The molecule has 0 saturated carbocycles. The number of anilines is 1. The van der Waals surface area contributed by atoms with E-state index in [1.165, 1.54) is 24.8 Å². The van der Waals surface area contributed by atoms with Gasteiger partial charge >= 0.3 is 0 Å². The summed E-state index contributed by atoms with van der Waals surface area (Å²) in [5.74, 6) is 2.34. The molecule has 0 unspecified atom stereocenters. The van der Waals surface area contributed by atoms with Crippen LogP contribution in [0.5, 0.6) is 0 Å². The van der Waals surface area contributed by atoms with Gasteiger partial charge in [0.05, 0.1) is 19.4 Å². The molecule has 0 aliphatic carbocycles. The molecule has 1 aromatic carbocycles. The van der Waals surface area contributed by atoms with Crippen molar-refractivity contribution in [2.75, 3.05) is 18.0 Å². The second kappa shape index (κ2) is 9.53. The monoisotopic (exact) mass is 404 g/mol. The van der Waals surface area contributed by atoms with Gasteiger partial charge in [-0.3, -0.25) is 4.79 Å². The number of rotatable bonds is 7. The first-order valence-electron chi connectivity index (χ1n) is 10.6. The number of amides is 1. The fraction of sp³-hybridized carbons (Fsp3) is 0.320. The van der Waals surface area contributed by atoms with Crippen molar-refractivity contribution in [2.45, 2.75) is 39.3 Å². The molecule has 1 saturated heterocycles. The molecule has 5 heteroatoms. The summed E-state index contributed by atoms with van der Waals surface area (Å²) in [6.07, 6.45) is 8.76. The molecule has 1 aliphatic rings. The molecule has 1 amide bonds. The summed E-state index contributed by atoms with van der Waals surface area (Å²) in [6.45, 7) is 4.89. The Hall–Kier alpha value is -3.21. The summed E-state index contributed by atoms with van der Waals surface area (Å²) in [5.41, 5.74) is 2.19. The van der Waals surface area contributed by atoms with E-state index in [-0.39, 0.29) is 5.91 Å². The third kappa shape index (κ3) is 5.23. The number of carbonyl (C=O) groups is 1. The first-order valence-corrected chi connectivity index (χ1v) is 10.6. The zero-order valence-electron chi connectivity index (χ0n) is 17.4. The van der Waals surface area contributed by atoms with Gasteiger partial charge in [-0.25, -0.2) is 0 Å². The minimum atomic E-state index is -0.0807. The second-order valence-electron chi connectivity index (χ2n) is 7.81. The molecule has 0 radical (unpaired) electrons. The highest BCUT2D eigenvalue weighted by molar-refractivity contribution is 5.91. The fourth-order valence-corrected chi connectivity index (χ4v) is 3.68. The van der Waals surface area contributed by atoms with Crippen LogP contribution in [0.2, 0.25) is 0 Å². The first-order chi connectivity index (χ1) is 14.7. The van der Waals surface area contributed by atoms with E-state index in [1.807, 2.05) is 61.5 Å². The van der Waals surface area contributed by atoms with Crippen LogP contribution in [0.25, 0.3) is 6.08 Å². The number of hydrogen-bond acceptors (Lipinski definition) is 4. The van der Waals surface area contributed by atoms with Crippen molar-refractivity contribution < 1.29 is 13.6 Å². The smallest absolute Gasteiger partial charge is 0.247 e.